The van der Waals surface area contributed by atoms with Crippen LogP contribution in [0.25, 0.3) is 22.5 Å². The predicted octanol–water partition coefficient (Wildman–Crippen LogP) is 6.12. The van der Waals surface area contributed by atoms with Crippen molar-refractivity contribution in [3.8, 4) is 22.5 Å². The van der Waals surface area contributed by atoms with Crippen LogP contribution < -0.4 is 5.32 Å². The van der Waals surface area contributed by atoms with Crippen molar-refractivity contribution in [3.63, 3.8) is 0 Å². The highest BCUT2D eigenvalue weighted by Crippen LogP contribution is 2.38. The van der Waals surface area contributed by atoms with Gasteiger partial charge in [0.15, 0.2) is 11.0 Å². The van der Waals surface area contributed by atoms with Crippen molar-refractivity contribution in [1.29, 1.82) is 0 Å². The number of hydrogen-bond acceptors (Lipinski definition) is 8. The Balaban J connectivity index is 1.54. The maximum absolute atomic E-state index is 12.9. The topological polar surface area (TPSA) is 99.2 Å². The highest BCUT2D eigenvalue weighted by atomic mass is 32.2. The van der Waals surface area contributed by atoms with Crippen LogP contribution in [0.5, 0.6) is 0 Å². The van der Waals surface area contributed by atoms with E-state index in [2.05, 4.69) is 22.4 Å². The Morgan fingerprint density at radius 3 is 2.64 bits per heavy atom. The largest absolute Gasteiger partial charge is 0.469 e. The summed E-state index contributed by atoms with van der Waals surface area (Å²) in [4.78, 5) is 25.6. The Hall–Kier alpha value is -3.37. The Morgan fingerprint density at radius 1 is 1.14 bits per heavy atom. The minimum atomic E-state index is -0.488. The molecule has 0 saturated carbocycles. The first kappa shape index (κ1) is 25.7. The number of hydrogen-bond donors (Lipinski definition) is 1. The monoisotopic (exact) mass is 524 g/mol. The van der Waals surface area contributed by atoms with Gasteiger partial charge in [-0.3, -0.25) is 4.79 Å². The molecule has 0 fully saturated rings. The van der Waals surface area contributed by atoms with E-state index >= 15 is 0 Å². The third-order valence-corrected chi connectivity index (χ3v) is 7.58. The number of thiophene rings is 1. The lowest BCUT2D eigenvalue weighted by Gasteiger charge is -2.10. The van der Waals surface area contributed by atoms with Crippen molar-refractivity contribution in [3.05, 3.63) is 58.4 Å². The number of aryl methyl sites for hydroxylation is 3. The summed E-state index contributed by atoms with van der Waals surface area (Å²) in [7, 11) is 1.34. The van der Waals surface area contributed by atoms with Gasteiger partial charge in [0.2, 0.25) is 5.91 Å². The molecule has 10 heteroatoms. The SMILES string of the molecule is CCCn1c(SCC(=O)Nc2scc(-c3cc(C)ccc3C)c2C(=O)OC)nnc1-c1ccoc1C. The molecule has 0 radical (unpaired) electrons. The number of nitrogens with zero attached hydrogens (tertiary/aromatic N) is 3. The smallest absolute Gasteiger partial charge is 0.341 e. The molecule has 4 rings (SSSR count). The van der Waals surface area contributed by atoms with Gasteiger partial charge in [0, 0.05) is 17.5 Å². The van der Waals surface area contributed by atoms with Crippen LogP contribution in [-0.2, 0) is 16.1 Å². The summed E-state index contributed by atoms with van der Waals surface area (Å²) in [5, 5.41) is 14.6. The van der Waals surface area contributed by atoms with Crippen LogP contribution >= 0.6 is 23.1 Å². The standard InChI is InChI=1S/C26H28N4O4S2/c1-6-10-30-23(18-9-11-34-17(18)4)28-29-26(30)36-14-21(31)27-24-22(25(32)33-5)20(13-35-24)19-12-15(2)7-8-16(19)3/h7-9,11-13H,6,10,14H2,1-5H3,(H,27,31). The Bertz CT molecular complexity index is 1400. The van der Waals surface area contributed by atoms with Gasteiger partial charge < -0.3 is 19.0 Å². The molecule has 1 N–H and O–H groups in total. The van der Waals surface area contributed by atoms with E-state index in [0.29, 0.717) is 22.3 Å². The summed E-state index contributed by atoms with van der Waals surface area (Å²) in [6.45, 7) is 8.67. The van der Waals surface area contributed by atoms with E-state index in [1.165, 1.54) is 30.2 Å². The maximum atomic E-state index is 12.9. The molecule has 4 aromatic rings. The predicted molar refractivity (Wildman–Crippen MR) is 143 cm³/mol. The van der Waals surface area contributed by atoms with E-state index in [1.54, 1.807) is 6.26 Å². The maximum Gasteiger partial charge on any atom is 0.341 e. The van der Waals surface area contributed by atoms with Gasteiger partial charge in [0.05, 0.1) is 24.7 Å². The first-order valence-electron chi connectivity index (χ1n) is 11.5. The van der Waals surface area contributed by atoms with Crippen molar-refractivity contribution >= 4 is 40.0 Å². The minimum absolute atomic E-state index is 0.115. The lowest BCUT2D eigenvalue weighted by molar-refractivity contribution is -0.113. The molecule has 0 spiro atoms. The zero-order valence-electron chi connectivity index (χ0n) is 20.9. The molecular weight excluding hydrogens is 496 g/mol. The number of anilines is 1. The number of amides is 1. The van der Waals surface area contributed by atoms with Gasteiger partial charge in [-0.1, -0.05) is 42.4 Å². The van der Waals surface area contributed by atoms with Crippen LogP contribution in [0.3, 0.4) is 0 Å². The lowest BCUT2D eigenvalue weighted by atomic mass is 9.97. The third kappa shape index (κ3) is 5.24. The second kappa shape index (κ2) is 11.1. The number of carbonyl (C=O) groups is 2. The summed E-state index contributed by atoms with van der Waals surface area (Å²) in [5.74, 6) is 0.866. The fourth-order valence-corrected chi connectivity index (χ4v) is 5.64. The van der Waals surface area contributed by atoms with Crippen LogP contribution in [0.2, 0.25) is 0 Å². The lowest BCUT2D eigenvalue weighted by Crippen LogP contribution is -2.16. The molecule has 36 heavy (non-hydrogen) atoms. The Morgan fingerprint density at radius 2 is 1.94 bits per heavy atom. The van der Waals surface area contributed by atoms with Crippen LogP contribution in [0.1, 0.15) is 40.6 Å². The fourth-order valence-electron chi connectivity index (χ4n) is 3.91. The third-order valence-electron chi connectivity index (χ3n) is 5.71. The first-order chi connectivity index (χ1) is 17.3. The average molecular weight is 525 g/mol. The van der Waals surface area contributed by atoms with Crippen LogP contribution in [-0.4, -0.2) is 39.5 Å². The number of benzene rings is 1. The van der Waals surface area contributed by atoms with Gasteiger partial charge in [0.25, 0.3) is 0 Å². The van der Waals surface area contributed by atoms with Crippen molar-refractivity contribution in [2.75, 3.05) is 18.2 Å². The van der Waals surface area contributed by atoms with Crippen LogP contribution in [0.15, 0.2) is 45.5 Å². The molecule has 0 aliphatic heterocycles. The molecule has 0 bridgehead atoms. The molecular formula is C26H28N4O4S2. The molecule has 3 heterocycles. The molecule has 8 nitrogen and oxygen atoms in total. The number of esters is 1. The average Bonchev–Trinajstić information content (AvgIpc) is 3.57. The summed E-state index contributed by atoms with van der Waals surface area (Å²) in [6, 6.07) is 7.94. The van der Waals surface area contributed by atoms with Gasteiger partial charge >= 0.3 is 5.97 Å². The van der Waals surface area contributed by atoms with Crippen molar-refractivity contribution < 1.29 is 18.7 Å². The molecule has 0 saturated heterocycles. The Kier molecular flexibility index (Phi) is 7.95. The number of carbonyl (C=O) groups excluding carboxylic acids is 2. The van der Waals surface area contributed by atoms with Gasteiger partial charge in [-0.05, 0) is 44.4 Å². The van der Waals surface area contributed by atoms with Gasteiger partial charge in [0.1, 0.15) is 16.3 Å². The molecule has 1 aromatic carbocycles. The fraction of sp³-hybridized carbons (Fsp3) is 0.308. The summed E-state index contributed by atoms with van der Waals surface area (Å²) in [6.07, 6.45) is 2.52. The highest BCUT2D eigenvalue weighted by Gasteiger charge is 2.24. The second-order valence-corrected chi connectivity index (χ2v) is 10.2. The first-order valence-corrected chi connectivity index (χ1v) is 13.4. The van der Waals surface area contributed by atoms with Gasteiger partial charge in [-0.15, -0.1) is 21.5 Å². The van der Waals surface area contributed by atoms with Crippen LogP contribution in [0, 0.1) is 20.8 Å². The number of furan rings is 1. The molecule has 0 unspecified atom stereocenters. The summed E-state index contributed by atoms with van der Waals surface area (Å²) in [5.41, 5.74) is 5.06. The molecule has 0 aliphatic rings. The van der Waals surface area contributed by atoms with Crippen LogP contribution in [0.4, 0.5) is 5.00 Å². The van der Waals surface area contributed by atoms with Crippen molar-refractivity contribution in [2.24, 2.45) is 0 Å². The Labute approximate surface area is 218 Å². The number of aromatic nitrogens is 3. The molecule has 0 aliphatic carbocycles. The number of nitrogens with one attached hydrogen (secondary N) is 1. The quantitative estimate of drug-likeness (QED) is 0.208. The molecule has 3 aromatic heterocycles. The van der Waals surface area contributed by atoms with E-state index in [4.69, 9.17) is 9.15 Å². The number of ether oxygens (including phenoxy) is 1. The number of methoxy groups -OCH3 is 1. The normalized spacial score (nSPS) is 11.0. The van der Waals surface area contributed by atoms with E-state index in [-0.39, 0.29) is 11.7 Å². The van der Waals surface area contributed by atoms with Crippen molar-refractivity contribution in [1.82, 2.24) is 14.8 Å². The van der Waals surface area contributed by atoms with E-state index in [9.17, 15) is 9.59 Å². The van der Waals surface area contributed by atoms with Gasteiger partial charge in [-0.25, -0.2) is 4.79 Å². The zero-order chi connectivity index (χ0) is 25.8. The van der Waals surface area contributed by atoms with Gasteiger partial charge in [-0.2, -0.15) is 0 Å². The number of rotatable bonds is 9. The minimum Gasteiger partial charge on any atom is -0.469 e. The molecule has 0 atom stereocenters. The second-order valence-electron chi connectivity index (χ2n) is 8.35. The van der Waals surface area contributed by atoms with Crippen molar-refractivity contribution in [2.45, 2.75) is 45.8 Å². The zero-order valence-corrected chi connectivity index (χ0v) is 22.5. The highest BCUT2D eigenvalue weighted by molar-refractivity contribution is 7.99. The summed E-state index contributed by atoms with van der Waals surface area (Å²) < 4.78 is 12.5. The molecule has 188 valence electrons. The van der Waals surface area contributed by atoms with E-state index in [1.807, 2.05) is 55.0 Å². The summed E-state index contributed by atoms with van der Waals surface area (Å²) >= 11 is 2.61. The van der Waals surface area contributed by atoms with E-state index < -0.39 is 5.97 Å². The van der Waals surface area contributed by atoms with E-state index in [0.717, 1.165) is 45.8 Å². The molecule has 1 amide bonds. The number of thioether (sulfide) groups is 1.